The molecule has 0 bridgehead atoms. The maximum atomic E-state index is 12.0. The molecule has 0 atom stereocenters. The zero-order valence-corrected chi connectivity index (χ0v) is 10.7. The Kier molecular flexibility index (Phi) is 3.58. The third-order valence-electron chi connectivity index (χ3n) is 2.59. The van der Waals surface area contributed by atoms with Crippen molar-refractivity contribution in [3.63, 3.8) is 0 Å². The standard InChI is InChI=1S/C12H15N3OS/c1-3-8-5-6-17-11(8)12(16)13-10-7-9(4-2)14-15-10/h5-7H,3-4H2,1-2H3,(H2,13,14,15,16). The summed E-state index contributed by atoms with van der Waals surface area (Å²) in [6, 6.07) is 3.85. The van der Waals surface area contributed by atoms with Gasteiger partial charge in [0.25, 0.3) is 5.91 Å². The van der Waals surface area contributed by atoms with Crippen LogP contribution in [-0.2, 0) is 12.8 Å². The van der Waals surface area contributed by atoms with Gasteiger partial charge in [-0.3, -0.25) is 9.89 Å². The summed E-state index contributed by atoms with van der Waals surface area (Å²) >= 11 is 1.46. The van der Waals surface area contributed by atoms with E-state index >= 15 is 0 Å². The second-order valence-corrected chi connectivity index (χ2v) is 4.63. The second-order valence-electron chi connectivity index (χ2n) is 3.71. The molecule has 2 aromatic rings. The Hall–Kier alpha value is -1.62. The van der Waals surface area contributed by atoms with Crippen LogP contribution in [0, 0.1) is 0 Å². The number of hydrogen-bond acceptors (Lipinski definition) is 3. The van der Waals surface area contributed by atoms with Crippen molar-refractivity contribution in [2.24, 2.45) is 0 Å². The highest BCUT2D eigenvalue weighted by Gasteiger charge is 2.13. The molecule has 0 saturated carbocycles. The zero-order valence-electron chi connectivity index (χ0n) is 9.91. The number of carbonyl (C=O) groups excluding carboxylic acids is 1. The molecule has 4 nitrogen and oxygen atoms in total. The molecule has 0 unspecified atom stereocenters. The molecule has 0 fully saturated rings. The molecule has 1 amide bonds. The van der Waals surface area contributed by atoms with E-state index in [2.05, 4.69) is 15.5 Å². The quantitative estimate of drug-likeness (QED) is 0.875. The van der Waals surface area contributed by atoms with Gasteiger partial charge in [-0.1, -0.05) is 13.8 Å². The van der Waals surface area contributed by atoms with Gasteiger partial charge in [0.2, 0.25) is 0 Å². The summed E-state index contributed by atoms with van der Waals surface area (Å²) in [6.45, 7) is 4.08. The summed E-state index contributed by atoms with van der Waals surface area (Å²) in [4.78, 5) is 12.8. The van der Waals surface area contributed by atoms with Gasteiger partial charge < -0.3 is 5.32 Å². The van der Waals surface area contributed by atoms with Crippen molar-refractivity contribution in [2.45, 2.75) is 26.7 Å². The van der Waals surface area contributed by atoms with Gasteiger partial charge in [-0.25, -0.2) is 0 Å². The predicted molar refractivity (Wildman–Crippen MR) is 69.6 cm³/mol. The molecule has 0 radical (unpaired) electrons. The fourth-order valence-corrected chi connectivity index (χ4v) is 2.48. The van der Waals surface area contributed by atoms with Crippen LogP contribution in [0.5, 0.6) is 0 Å². The summed E-state index contributed by atoms with van der Waals surface area (Å²) in [7, 11) is 0. The molecule has 0 aliphatic rings. The van der Waals surface area contributed by atoms with E-state index in [4.69, 9.17) is 0 Å². The Morgan fingerprint density at radius 3 is 2.94 bits per heavy atom. The van der Waals surface area contributed by atoms with E-state index in [0.717, 1.165) is 29.0 Å². The fraction of sp³-hybridized carbons (Fsp3) is 0.333. The van der Waals surface area contributed by atoms with Crippen LogP contribution >= 0.6 is 11.3 Å². The van der Waals surface area contributed by atoms with Gasteiger partial charge in [0.15, 0.2) is 5.82 Å². The van der Waals surface area contributed by atoms with Crippen molar-refractivity contribution in [1.82, 2.24) is 10.2 Å². The van der Waals surface area contributed by atoms with Crippen LogP contribution in [0.1, 0.15) is 34.8 Å². The molecule has 0 spiro atoms. The Morgan fingerprint density at radius 2 is 2.29 bits per heavy atom. The first kappa shape index (κ1) is 11.9. The summed E-state index contributed by atoms with van der Waals surface area (Å²) in [5.41, 5.74) is 2.10. The third-order valence-corrected chi connectivity index (χ3v) is 3.54. The lowest BCUT2D eigenvalue weighted by Gasteiger charge is -2.01. The van der Waals surface area contributed by atoms with Crippen LogP contribution in [0.3, 0.4) is 0 Å². The van der Waals surface area contributed by atoms with Crippen molar-refractivity contribution in [3.05, 3.63) is 33.6 Å². The molecule has 0 aromatic carbocycles. The number of aromatic amines is 1. The van der Waals surface area contributed by atoms with Crippen LogP contribution < -0.4 is 5.32 Å². The molecule has 0 saturated heterocycles. The first-order valence-corrected chi connectivity index (χ1v) is 6.54. The summed E-state index contributed by atoms with van der Waals surface area (Å²) in [6.07, 6.45) is 1.75. The Bertz CT molecular complexity index is 515. The first-order chi connectivity index (χ1) is 8.24. The van der Waals surface area contributed by atoms with Crippen molar-refractivity contribution in [3.8, 4) is 0 Å². The van der Waals surface area contributed by atoms with Crippen molar-refractivity contribution in [2.75, 3.05) is 5.32 Å². The monoisotopic (exact) mass is 249 g/mol. The number of H-pyrrole nitrogens is 1. The molecule has 0 aliphatic carbocycles. The van der Waals surface area contributed by atoms with Crippen LogP contribution in [0.15, 0.2) is 17.5 Å². The molecule has 2 heterocycles. The molecular formula is C12H15N3OS. The van der Waals surface area contributed by atoms with E-state index in [1.165, 1.54) is 11.3 Å². The lowest BCUT2D eigenvalue weighted by Crippen LogP contribution is -2.12. The molecule has 17 heavy (non-hydrogen) atoms. The molecule has 0 aliphatic heterocycles. The van der Waals surface area contributed by atoms with Crippen LogP contribution in [0.4, 0.5) is 5.82 Å². The summed E-state index contributed by atoms with van der Waals surface area (Å²) < 4.78 is 0. The smallest absolute Gasteiger partial charge is 0.267 e. The zero-order chi connectivity index (χ0) is 12.3. The predicted octanol–water partition coefficient (Wildman–Crippen LogP) is 2.85. The van der Waals surface area contributed by atoms with E-state index < -0.39 is 0 Å². The van der Waals surface area contributed by atoms with Gasteiger partial charge in [0.05, 0.1) is 4.88 Å². The van der Waals surface area contributed by atoms with Gasteiger partial charge in [-0.15, -0.1) is 11.3 Å². The number of carbonyl (C=O) groups is 1. The highest BCUT2D eigenvalue weighted by atomic mass is 32.1. The number of rotatable bonds is 4. The highest BCUT2D eigenvalue weighted by Crippen LogP contribution is 2.19. The average Bonchev–Trinajstić information content (AvgIpc) is 2.96. The molecule has 5 heteroatoms. The van der Waals surface area contributed by atoms with E-state index in [9.17, 15) is 4.79 Å². The average molecular weight is 249 g/mol. The van der Waals surface area contributed by atoms with Gasteiger partial charge in [-0.05, 0) is 29.9 Å². The number of nitrogens with zero attached hydrogens (tertiary/aromatic N) is 1. The molecular weight excluding hydrogens is 234 g/mol. The van der Waals surface area contributed by atoms with E-state index in [1.807, 2.05) is 31.4 Å². The van der Waals surface area contributed by atoms with Crippen molar-refractivity contribution in [1.29, 1.82) is 0 Å². The number of aromatic nitrogens is 2. The minimum atomic E-state index is -0.0778. The van der Waals surface area contributed by atoms with Crippen LogP contribution in [0.25, 0.3) is 0 Å². The van der Waals surface area contributed by atoms with Crippen molar-refractivity contribution >= 4 is 23.1 Å². The minimum Gasteiger partial charge on any atom is -0.304 e. The fourth-order valence-electron chi connectivity index (χ4n) is 1.59. The van der Waals surface area contributed by atoms with Gasteiger partial charge >= 0.3 is 0 Å². The Morgan fingerprint density at radius 1 is 1.47 bits per heavy atom. The SMILES string of the molecule is CCc1cc(NC(=O)c2sccc2CC)n[nH]1. The second kappa shape index (κ2) is 5.14. The summed E-state index contributed by atoms with van der Waals surface area (Å²) in [5.74, 6) is 0.508. The number of hydrogen-bond donors (Lipinski definition) is 2. The van der Waals surface area contributed by atoms with E-state index in [-0.39, 0.29) is 5.91 Å². The van der Waals surface area contributed by atoms with E-state index in [1.54, 1.807) is 0 Å². The van der Waals surface area contributed by atoms with Gasteiger partial charge in [0.1, 0.15) is 0 Å². The van der Waals surface area contributed by atoms with Crippen molar-refractivity contribution < 1.29 is 4.79 Å². The number of thiophene rings is 1. The lowest BCUT2D eigenvalue weighted by atomic mass is 10.2. The third kappa shape index (κ3) is 2.55. The minimum absolute atomic E-state index is 0.0778. The Labute approximate surface area is 104 Å². The molecule has 2 aromatic heterocycles. The lowest BCUT2D eigenvalue weighted by molar-refractivity contribution is 0.102. The number of anilines is 1. The number of amides is 1. The number of aryl methyl sites for hydroxylation is 2. The topological polar surface area (TPSA) is 57.8 Å². The van der Waals surface area contributed by atoms with Gasteiger partial charge in [0, 0.05) is 11.8 Å². The molecule has 2 rings (SSSR count). The number of nitrogens with one attached hydrogen (secondary N) is 2. The van der Waals surface area contributed by atoms with Gasteiger partial charge in [-0.2, -0.15) is 5.10 Å². The maximum Gasteiger partial charge on any atom is 0.267 e. The highest BCUT2D eigenvalue weighted by molar-refractivity contribution is 7.12. The Balaban J connectivity index is 2.11. The maximum absolute atomic E-state index is 12.0. The van der Waals surface area contributed by atoms with Crippen LogP contribution in [0.2, 0.25) is 0 Å². The largest absolute Gasteiger partial charge is 0.304 e. The summed E-state index contributed by atoms with van der Waals surface area (Å²) in [5, 5.41) is 11.7. The first-order valence-electron chi connectivity index (χ1n) is 5.66. The normalized spacial score (nSPS) is 10.5. The van der Waals surface area contributed by atoms with E-state index in [0.29, 0.717) is 5.82 Å². The van der Waals surface area contributed by atoms with Crippen LogP contribution in [-0.4, -0.2) is 16.1 Å². The molecule has 2 N–H and O–H groups in total. The molecule has 90 valence electrons.